The van der Waals surface area contributed by atoms with Gasteiger partial charge < -0.3 is 19.5 Å². The SMILES string of the molecule is CC.Cc1ccc(OCCCCCCOC(=O)C(Cc2ccccc2)NC(=O)OC(C)(C)C)cc1. The molecule has 0 radical (unpaired) electrons. The Morgan fingerprint density at radius 2 is 1.46 bits per heavy atom. The summed E-state index contributed by atoms with van der Waals surface area (Å²) in [6, 6.07) is 16.7. The second-order valence-electron chi connectivity index (χ2n) is 9.13. The van der Waals surface area contributed by atoms with Crippen LogP contribution in [0.1, 0.15) is 71.4 Å². The molecule has 0 saturated carbocycles. The molecule has 1 atom stereocenters. The number of rotatable bonds is 12. The number of ether oxygens (including phenoxy) is 3. The van der Waals surface area contributed by atoms with Gasteiger partial charge in [-0.15, -0.1) is 0 Å². The van der Waals surface area contributed by atoms with Crippen LogP contribution in [-0.2, 0) is 20.7 Å². The van der Waals surface area contributed by atoms with Crippen LogP contribution in [0.2, 0.25) is 0 Å². The maximum atomic E-state index is 12.7. The van der Waals surface area contributed by atoms with Gasteiger partial charge >= 0.3 is 12.1 Å². The van der Waals surface area contributed by atoms with E-state index in [1.54, 1.807) is 20.8 Å². The molecule has 1 unspecified atom stereocenters. The van der Waals surface area contributed by atoms with E-state index in [-0.39, 0.29) is 0 Å². The smallest absolute Gasteiger partial charge is 0.408 e. The summed E-state index contributed by atoms with van der Waals surface area (Å²) in [5.74, 6) is 0.434. The van der Waals surface area contributed by atoms with Gasteiger partial charge in [0, 0.05) is 6.42 Å². The lowest BCUT2D eigenvalue weighted by atomic mass is 10.1. The number of carbonyl (C=O) groups excluding carboxylic acids is 2. The van der Waals surface area contributed by atoms with Gasteiger partial charge in [-0.25, -0.2) is 9.59 Å². The highest BCUT2D eigenvalue weighted by molar-refractivity contribution is 5.81. The maximum absolute atomic E-state index is 12.7. The molecule has 0 saturated heterocycles. The highest BCUT2D eigenvalue weighted by atomic mass is 16.6. The number of hydrogen-bond donors (Lipinski definition) is 1. The summed E-state index contributed by atoms with van der Waals surface area (Å²) in [6.45, 7) is 12.4. The minimum atomic E-state index is -0.801. The second-order valence-corrected chi connectivity index (χ2v) is 9.13. The van der Waals surface area contributed by atoms with Gasteiger partial charge in [-0.1, -0.05) is 61.9 Å². The third-order valence-electron chi connectivity index (χ3n) is 4.83. The van der Waals surface area contributed by atoms with Crippen LogP contribution < -0.4 is 10.1 Å². The molecule has 194 valence electrons. The molecule has 0 aliphatic carbocycles. The highest BCUT2D eigenvalue weighted by Crippen LogP contribution is 2.13. The van der Waals surface area contributed by atoms with Crippen LogP contribution in [0.3, 0.4) is 0 Å². The molecule has 0 fully saturated rings. The van der Waals surface area contributed by atoms with Crippen molar-refractivity contribution < 1.29 is 23.8 Å². The minimum Gasteiger partial charge on any atom is -0.494 e. The Labute approximate surface area is 211 Å². The number of carbonyl (C=O) groups is 2. The van der Waals surface area contributed by atoms with Crippen molar-refractivity contribution in [2.45, 2.75) is 85.3 Å². The number of aryl methyl sites for hydroxylation is 1. The fourth-order valence-electron chi connectivity index (χ4n) is 3.15. The van der Waals surface area contributed by atoms with Crippen molar-refractivity contribution >= 4 is 12.1 Å². The summed E-state index contributed by atoms with van der Waals surface area (Å²) in [7, 11) is 0. The monoisotopic (exact) mass is 485 g/mol. The van der Waals surface area contributed by atoms with Crippen molar-refractivity contribution in [2.75, 3.05) is 13.2 Å². The molecule has 0 aromatic heterocycles. The van der Waals surface area contributed by atoms with Crippen molar-refractivity contribution in [1.29, 1.82) is 0 Å². The molecular formula is C29H43NO5. The molecule has 0 bridgehead atoms. The largest absolute Gasteiger partial charge is 0.494 e. The fraction of sp³-hybridized carbons (Fsp3) is 0.517. The van der Waals surface area contributed by atoms with Gasteiger partial charge in [0.2, 0.25) is 0 Å². The van der Waals surface area contributed by atoms with E-state index in [9.17, 15) is 9.59 Å². The number of unbranched alkanes of at least 4 members (excludes halogenated alkanes) is 3. The molecule has 6 heteroatoms. The van der Waals surface area contributed by atoms with Gasteiger partial charge in [0.25, 0.3) is 0 Å². The van der Waals surface area contributed by atoms with Gasteiger partial charge in [-0.2, -0.15) is 0 Å². The van der Waals surface area contributed by atoms with Crippen molar-refractivity contribution in [3.05, 3.63) is 65.7 Å². The van der Waals surface area contributed by atoms with E-state index in [1.807, 2.05) is 75.4 Å². The average Bonchev–Trinajstić information content (AvgIpc) is 2.82. The molecule has 2 rings (SSSR count). The van der Waals surface area contributed by atoms with Crippen LogP contribution in [0.15, 0.2) is 54.6 Å². The number of alkyl carbamates (subject to hydrolysis) is 1. The molecule has 1 amide bonds. The molecule has 0 heterocycles. The third kappa shape index (κ3) is 14.1. The summed E-state index contributed by atoms with van der Waals surface area (Å²) in [6.07, 6.45) is 3.35. The number of amides is 1. The number of nitrogens with one attached hydrogen (secondary N) is 1. The third-order valence-corrected chi connectivity index (χ3v) is 4.83. The fourth-order valence-corrected chi connectivity index (χ4v) is 3.15. The Bertz CT molecular complexity index is 844. The lowest BCUT2D eigenvalue weighted by molar-refractivity contribution is -0.146. The summed E-state index contributed by atoms with van der Waals surface area (Å²) in [5, 5.41) is 2.66. The van der Waals surface area contributed by atoms with Crippen LogP contribution in [0.5, 0.6) is 5.75 Å². The van der Waals surface area contributed by atoms with E-state index in [0.717, 1.165) is 37.0 Å². The van der Waals surface area contributed by atoms with Crippen LogP contribution in [0.25, 0.3) is 0 Å². The van der Waals surface area contributed by atoms with Crippen LogP contribution in [0.4, 0.5) is 4.79 Å². The van der Waals surface area contributed by atoms with E-state index in [2.05, 4.69) is 5.32 Å². The normalized spacial score (nSPS) is 11.5. The first-order chi connectivity index (χ1) is 16.7. The zero-order valence-corrected chi connectivity index (χ0v) is 22.3. The molecule has 0 aliphatic heterocycles. The summed E-state index contributed by atoms with van der Waals surface area (Å²) in [5.41, 5.74) is 1.50. The molecule has 0 spiro atoms. The molecule has 2 aromatic carbocycles. The lowest BCUT2D eigenvalue weighted by Gasteiger charge is -2.23. The predicted molar refractivity (Wildman–Crippen MR) is 141 cm³/mol. The van der Waals surface area contributed by atoms with Crippen molar-refractivity contribution in [1.82, 2.24) is 5.32 Å². The zero-order chi connectivity index (χ0) is 26.1. The first-order valence-electron chi connectivity index (χ1n) is 12.6. The van der Waals surface area contributed by atoms with Crippen molar-refractivity contribution in [2.24, 2.45) is 0 Å². The van der Waals surface area contributed by atoms with Gasteiger partial charge in [-0.3, -0.25) is 0 Å². The van der Waals surface area contributed by atoms with Gasteiger partial charge in [0.15, 0.2) is 0 Å². The quantitative estimate of drug-likeness (QED) is 0.269. The molecule has 6 nitrogen and oxygen atoms in total. The van der Waals surface area contributed by atoms with Crippen molar-refractivity contribution in [3.63, 3.8) is 0 Å². The Balaban J connectivity index is 0.00000298. The van der Waals surface area contributed by atoms with Crippen molar-refractivity contribution in [3.8, 4) is 5.75 Å². The van der Waals surface area contributed by atoms with E-state index in [0.29, 0.717) is 19.6 Å². The molecule has 0 aliphatic rings. The van der Waals surface area contributed by atoms with E-state index in [4.69, 9.17) is 14.2 Å². The van der Waals surface area contributed by atoms with Crippen LogP contribution in [0, 0.1) is 6.92 Å². The predicted octanol–water partition coefficient (Wildman–Crippen LogP) is 6.64. The molecular weight excluding hydrogens is 442 g/mol. The Morgan fingerprint density at radius 1 is 0.857 bits per heavy atom. The zero-order valence-electron chi connectivity index (χ0n) is 22.3. The maximum Gasteiger partial charge on any atom is 0.408 e. The Morgan fingerprint density at radius 3 is 2.06 bits per heavy atom. The average molecular weight is 486 g/mol. The number of hydrogen-bond acceptors (Lipinski definition) is 5. The Kier molecular flexibility index (Phi) is 14.2. The van der Waals surface area contributed by atoms with Crippen LogP contribution in [-0.4, -0.2) is 36.9 Å². The lowest BCUT2D eigenvalue weighted by Crippen LogP contribution is -2.45. The second kappa shape index (κ2) is 16.6. The number of benzene rings is 2. The van der Waals surface area contributed by atoms with E-state index in [1.165, 1.54) is 5.56 Å². The highest BCUT2D eigenvalue weighted by Gasteiger charge is 2.25. The number of esters is 1. The Hall–Kier alpha value is -3.02. The topological polar surface area (TPSA) is 73.9 Å². The van der Waals surface area contributed by atoms with Gasteiger partial charge in [-0.05, 0) is 71.1 Å². The first-order valence-corrected chi connectivity index (χ1v) is 12.6. The molecule has 35 heavy (non-hydrogen) atoms. The summed E-state index contributed by atoms with van der Waals surface area (Å²) < 4.78 is 16.5. The minimum absolute atomic E-state index is 0.318. The van der Waals surface area contributed by atoms with E-state index < -0.39 is 23.7 Å². The molecule has 2 aromatic rings. The van der Waals surface area contributed by atoms with Gasteiger partial charge in [0.05, 0.1) is 13.2 Å². The van der Waals surface area contributed by atoms with Crippen LogP contribution >= 0.6 is 0 Å². The van der Waals surface area contributed by atoms with Gasteiger partial charge in [0.1, 0.15) is 17.4 Å². The standard InChI is InChI=1S/C27H37NO5.C2H6/c1-21-14-16-23(17-15-21)31-18-10-5-6-11-19-32-25(29)24(20-22-12-8-7-9-13-22)28-26(30)33-27(2,3)4;1-2/h7-9,12-17,24H,5-6,10-11,18-20H2,1-4H3,(H,28,30);1-2H3. The molecule has 1 N–H and O–H groups in total. The van der Waals surface area contributed by atoms with E-state index >= 15 is 0 Å². The summed E-state index contributed by atoms with van der Waals surface area (Å²) >= 11 is 0. The first kappa shape index (κ1) is 30.0. The summed E-state index contributed by atoms with van der Waals surface area (Å²) in [4.78, 5) is 24.9.